The number of rotatable bonds is 5. The molecule has 0 aliphatic heterocycles. The predicted molar refractivity (Wildman–Crippen MR) is 108 cm³/mol. The van der Waals surface area contributed by atoms with Gasteiger partial charge in [-0.1, -0.05) is 18.5 Å². The molecule has 0 unspecified atom stereocenters. The maximum absolute atomic E-state index is 13.9. The molecule has 0 bridgehead atoms. The van der Waals surface area contributed by atoms with E-state index in [0.29, 0.717) is 28.7 Å². The molecule has 0 saturated carbocycles. The number of aryl methyl sites for hydroxylation is 2. The van der Waals surface area contributed by atoms with Crippen molar-refractivity contribution in [3.63, 3.8) is 0 Å². The molecular weight excluding hydrogens is 382 g/mol. The maximum atomic E-state index is 13.9. The van der Waals surface area contributed by atoms with Crippen LogP contribution in [-0.2, 0) is 6.42 Å². The van der Waals surface area contributed by atoms with Crippen LogP contribution in [0.15, 0.2) is 40.9 Å². The highest BCUT2D eigenvalue weighted by molar-refractivity contribution is 7.13. The number of amidine groups is 1. The Morgan fingerprint density at radius 3 is 2.39 bits per heavy atom. The molecule has 0 amide bonds. The van der Waals surface area contributed by atoms with Crippen LogP contribution in [0.5, 0.6) is 5.75 Å². The first-order chi connectivity index (χ1) is 13.4. The highest BCUT2D eigenvalue weighted by atomic mass is 32.1. The van der Waals surface area contributed by atoms with E-state index in [4.69, 9.17) is 5.73 Å². The summed E-state index contributed by atoms with van der Waals surface area (Å²) < 4.78 is 27.9. The zero-order valence-corrected chi connectivity index (χ0v) is 16.3. The van der Waals surface area contributed by atoms with E-state index >= 15 is 0 Å². The van der Waals surface area contributed by atoms with E-state index in [1.54, 1.807) is 6.07 Å². The Morgan fingerprint density at radius 1 is 1.18 bits per heavy atom. The second-order valence-electron chi connectivity index (χ2n) is 6.51. The summed E-state index contributed by atoms with van der Waals surface area (Å²) in [6.07, 6.45) is 1.25. The lowest BCUT2D eigenvalue weighted by molar-refractivity contribution is 0.318. The van der Waals surface area contributed by atoms with Crippen molar-refractivity contribution in [3.8, 4) is 27.3 Å². The van der Waals surface area contributed by atoms with Crippen LogP contribution in [0, 0.1) is 18.6 Å². The van der Waals surface area contributed by atoms with Gasteiger partial charge < -0.3 is 16.0 Å². The third-order valence-corrected chi connectivity index (χ3v) is 5.56. The minimum Gasteiger partial charge on any atom is -0.507 e. The van der Waals surface area contributed by atoms with Crippen LogP contribution < -0.4 is 5.73 Å². The molecule has 7 heteroatoms. The van der Waals surface area contributed by atoms with E-state index in [1.165, 1.54) is 23.5 Å². The highest BCUT2D eigenvalue weighted by Gasteiger charge is 2.24. The molecular formula is C21H20F2N2O2S. The molecule has 1 heterocycles. The van der Waals surface area contributed by atoms with E-state index in [9.17, 15) is 19.1 Å². The van der Waals surface area contributed by atoms with E-state index in [2.05, 4.69) is 5.16 Å². The van der Waals surface area contributed by atoms with Crippen LogP contribution >= 0.6 is 11.3 Å². The normalized spacial score (nSPS) is 11.8. The molecule has 3 rings (SSSR count). The van der Waals surface area contributed by atoms with Gasteiger partial charge in [0.05, 0.1) is 5.56 Å². The van der Waals surface area contributed by atoms with Gasteiger partial charge in [-0.2, -0.15) is 0 Å². The van der Waals surface area contributed by atoms with Crippen LogP contribution in [0.1, 0.15) is 30.0 Å². The van der Waals surface area contributed by atoms with Crippen molar-refractivity contribution in [1.29, 1.82) is 0 Å². The predicted octanol–water partition coefficient (Wildman–Crippen LogP) is 5.42. The third kappa shape index (κ3) is 3.57. The summed E-state index contributed by atoms with van der Waals surface area (Å²) in [6, 6.07) is 6.87. The molecule has 2 aromatic carbocycles. The van der Waals surface area contributed by atoms with Crippen molar-refractivity contribution in [1.82, 2.24) is 0 Å². The van der Waals surface area contributed by atoms with Crippen molar-refractivity contribution >= 4 is 17.2 Å². The van der Waals surface area contributed by atoms with Crippen molar-refractivity contribution in [2.45, 2.75) is 26.7 Å². The van der Waals surface area contributed by atoms with Gasteiger partial charge in [0, 0.05) is 16.5 Å². The third-order valence-electron chi connectivity index (χ3n) is 4.52. The lowest BCUT2D eigenvalue weighted by Gasteiger charge is -2.19. The summed E-state index contributed by atoms with van der Waals surface area (Å²) in [5.41, 5.74) is 8.82. The van der Waals surface area contributed by atoms with Crippen molar-refractivity contribution in [2.75, 3.05) is 0 Å². The largest absolute Gasteiger partial charge is 0.507 e. The molecule has 146 valence electrons. The molecule has 1 aromatic heterocycles. The molecule has 4 nitrogen and oxygen atoms in total. The first-order valence-electron chi connectivity index (χ1n) is 8.75. The van der Waals surface area contributed by atoms with Crippen LogP contribution in [0.25, 0.3) is 21.6 Å². The molecule has 0 fully saturated rings. The summed E-state index contributed by atoms with van der Waals surface area (Å²) in [7, 11) is 0. The van der Waals surface area contributed by atoms with Crippen LogP contribution in [0.3, 0.4) is 0 Å². The van der Waals surface area contributed by atoms with Crippen molar-refractivity contribution in [2.24, 2.45) is 10.9 Å². The first kappa shape index (κ1) is 19.8. The lowest BCUT2D eigenvalue weighted by Crippen LogP contribution is -2.16. The van der Waals surface area contributed by atoms with Gasteiger partial charge in [-0.3, -0.25) is 0 Å². The second kappa shape index (κ2) is 7.98. The van der Waals surface area contributed by atoms with Crippen LogP contribution in [0.2, 0.25) is 0 Å². The summed E-state index contributed by atoms with van der Waals surface area (Å²) in [6.45, 7) is 3.83. The average molecular weight is 402 g/mol. The Balaban J connectivity index is 2.48. The molecule has 0 atom stereocenters. The van der Waals surface area contributed by atoms with E-state index in [1.807, 2.05) is 25.3 Å². The van der Waals surface area contributed by atoms with E-state index in [-0.39, 0.29) is 17.1 Å². The summed E-state index contributed by atoms with van der Waals surface area (Å²) in [4.78, 5) is 0.764. The smallest absolute Gasteiger partial charge is 0.174 e. The molecule has 0 saturated heterocycles. The topological polar surface area (TPSA) is 78.8 Å². The Kier molecular flexibility index (Phi) is 5.65. The molecule has 0 aliphatic rings. The number of phenols is 1. The summed E-state index contributed by atoms with van der Waals surface area (Å²) in [5, 5.41) is 25.1. The molecule has 0 spiro atoms. The van der Waals surface area contributed by atoms with Gasteiger partial charge in [0.1, 0.15) is 17.4 Å². The van der Waals surface area contributed by atoms with Gasteiger partial charge in [-0.25, -0.2) is 8.78 Å². The number of oxime groups is 1. The lowest BCUT2D eigenvalue weighted by atomic mass is 9.88. The first-order valence-corrected chi connectivity index (χ1v) is 9.63. The van der Waals surface area contributed by atoms with Gasteiger partial charge in [-0.15, -0.1) is 11.3 Å². The molecule has 28 heavy (non-hydrogen) atoms. The number of nitrogens with two attached hydrogens (primary N) is 1. The number of phenolic OH excluding ortho intramolecular Hbond substituents is 1. The minimum absolute atomic E-state index is 0.0967. The molecule has 4 N–H and O–H groups in total. The monoisotopic (exact) mass is 402 g/mol. The molecule has 0 aliphatic carbocycles. The van der Waals surface area contributed by atoms with E-state index in [0.717, 1.165) is 22.9 Å². The quantitative estimate of drug-likeness (QED) is 0.231. The molecule has 0 radical (unpaired) electrons. The number of hydrogen-bond donors (Lipinski definition) is 3. The fourth-order valence-corrected chi connectivity index (χ4v) is 4.28. The van der Waals surface area contributed by atoms with Gasteiger partial charge in [0.25, 0.3) is 0 Å². The highest BCUT2D eigenvalue weighted by Crippen LogP contribution is 2.44. The number of benzene rings is 2. The maximum Gasteiger partial charge on any atom is 0.174 e. The van der Waals surface area contributed by atoms with Gasteiger partial charge >= 0.3 is 0 Å². The van der Waals surface area contributed by atoms with Gasteiger partial charge in [0.2, 0.25) is 0 Å². The number of halogens is 2. The van der Waals surface area contributed by atoms with Gasteiger partial charge in [-0.05, 0) is 65.2 Å². The Bertz CT molecular complexity index is 1040. The van der Waals surface area contributed by atoms with Crippen molar-refractivity contribution in [3.05, 3.63) is 64.0 Å². The summed E-state index contributed by atoms with van der Waals surface area (Å²) >= 11 is 1.40. The van der Waals surface area contributed by atoms with E-state index < -0.39 is 11.6 Å². The van der Waals surface area contributed by atoms with Crippen LogP contribution in [-0.4, -0.2) is 16.1 Å². The molecule has 3 aromatic rings. The standard InChI is InChI=1S/C21H20F2N2O2S/c1-3-4-12-9-16(13-7-14(22)10-15(23)8-13)17(20-11(2)5-6-28-20)18(19(12)26)21(24)25-27/h5-10,26-27H,3-4H2,1-2H3,(H2,24,25). The Labute approximate surface area is 165 Å². The summed E-state index contributed by atoms with van der Waals surface area (Å²) in [5.74, 6) is -1.78. The zero-order chi connectivity index (χ0) is 20.4. The number of aromatic hydroxyl groups is 1. The average Bonchev–Trinajstić information content (AvgIpc) is 3.07. The second-order valence-corrected chi connectivity index (χ2v) is 7.42. The number of nitrogens with zero attached hydrogens (tertiary/aromatic N) is 1. The van der Waals surface area contributed by atoms with Gasteiger partial charge in [0.15, 0.2) is 5.84 Å². The van der Waals surface area contributed by atoms with Crippen molar-refractivity contribution < 1.29 is 19.1 Å². The fraction of sp³-hybridized carbons (Fsp3) is 0.190. The zero-order valence-electron chi connectivity index (χ0n) is 15.5. The Morgan fingerprint density at radius 2 is 1.86 bits per heavy atom. The number of hydrogen-bond acceptors (Lipinski definition) is 4. The number of thiophene rings is 1. The SMILES string of the molecule is CCCc1cc(-c2cc(F)cc(F)c2)c(-c2sccc2C)c(/C(N)=N/O)c1O. The van der Waals surface area contributed by atoms with Crippen LogP contribution in [0.4, 0.5) is 8.78 Å². The minimum atomic E-state index is -0.709. The fourth-order valence-electron chi connectivity index (χ4n) is 3.29. The Hall–Kier alpha value is -2.93.